The van der Waals surface area contributed by atoms with Crippen molar-refractivity contribution in [2.75, 3.05) is 12.8 Å². The summed E-state index contributed by atoms with van der Waals surface area (Å²) in [6, 6.07) is 1.65. The molecule has 0 radical (unpaired) electrons. The summed E-state index contributed by atoms with van der Waals surface area (Å²) in [7, 11) is 1.32. The van der Waals surface area contributed by atoms with Gasteiger partial charge in [-0.15, -0.1) is 0 Å². The van der Waals surface area contributed by atoms with Gasteiger partial charge in [0.2, 0.25) is 0 Å². The highest BCUT2D eigenvalue weighted by Gasteiger charge is 1.95. The molecular weight excluding hydrogens is 180 g/mol. The highest BCUT2D eigenvalue weighted by Crippen LogP contribution is 2.05. The quantitative estimate of drug-likeness (QED) is 0.519. The molecule has 1 rings (SSSR count). The normalized spacial score (nSPS) is 8.64. The third-order valence-electron chi connectivity index (χ3n) is 1.54. The summed E-state index contributed by atoms with van der Waals surface area (Å²) >= 11 is 0. The third kappa shape index (κ3) is 2.79. The fourth-order valence-electron chi connectivity index (χ4n) is 0.793. The molecule has 0 spiro atoms. The van der Waals surface area contributed by atoms with Crippen LogP contribution in [0.3, 0.4) is 0 Å². The van der Waals surface area contributed by atoms with Gasteiger partial charge in [-0.3, -0.25) is 9.78 Å². The fourth-order valence-corrected chi connectivity index (χ4v) is 0.793. The van der Waals surface area contributed by atoms with Crippen molar-refractivity contribution < 1.29 is 9.53 Å². The van der Waals surface area contributed by atoms with Gasteiger partial charge in [0.25, 0.3) is 0 Å². The zero-order chi connectivity index (χ0) is 10.4. The van der Waals surface area contributed by atoms with Gasteiger partial charge in [-0.25, -0.2) is 0 Å². The number of nitrogen functional groups attached to an aromatic ring is 1. The molecule has 14 heavy (non-hydrogen) atoms. The summed E-state index contributed by atoms with van der Waals surface area (Å²) in [4.78, 5) is 14.6. The zero-order valence-electron chi connectivity index (χ0n) is 7.78. The minimum absolute atomic E-state index is 0.0604. The Morgan fingerprint density at radius 2 is 2.50 bits per heavy atom. The number of methoxy groups -OCH3 is 1. The molecule has 4 heteroatoms. The van der Waals surface area contributed by atoms with Crippen molar-refractivity contribution in [2.24, 2.45) is 0 Å². The van der Waals surface area contributed by atoms with Crippen molar-refractivity contribution in [1.82, 2.24) is 4.98 Å². The van der Waals surface area contributed by atoms with Gasteiger partial charge in [-0.05, 0) is 6.07 Å². The lowest BCUT2D eigenvalue weighted by molar-refractivity contribution is -0.139. The highest BCUT2D eigenvalue weighted by atomic mass is 16.5. The maximum atomic E-state index is 10.7. The topological polar surface area (TPSA) is 65.2 Å². The van der Waals surface area contributed by atoms with Gasteiger partial charge in [0.15, 0.2) is 0 Å². The van der Waals surface area contributed by atoms with E-state index >= 15 is 0 Å². The van der Waals surface area contributed by atoms with Crippen LogP contribution in [0.2, 0.25) is 0 Å². The molecule has 0 saturated carbocycles. The number of nitrogens with two attached hydrogens (primary N) is 1. The average molecular weight is 190 g/mol. The van der Waals surface area contributed by atoms with Crippen molar-refractivity contribution in [3.8, 4) is 11.8 Å². The van der Waals surface area contributed by atoms with Gasteiger partial charge < -0.3 is 10.5 Å². The second-order valence-electron chi connectivity index (χ2n) is 2.52. The van der Waals surface area contributed by atoms with E-state index in [1.807, 2.05) is 0 Å². The van der Waals surface area contributed by atoms with Crippen molar-refractivity contribution in [3.63, 3.8) is 0 Å². The van der Waals surface area contributed by atoms with Gasteiger partial charge in [-0.2, -0.15) is 0 Å². The highest BCUT2D eigenvalue weighted by molar-refractivity contribution is 5.72. The van der Waals surface area contributed by atoms with E-state index < -0.39 is 0 Å². The largest absolute Gasteiger partial charge is 0.468 e. The van der Waals surface area contributed by atoms with E-state index in [1.165, 1.54) is 7.11 Å². The van der Waals surface area contributed by atoms with Crippen LogP contribution < -0.4 is 5.73 Å². The van der Waals surface area contributed by atoms with Crippen LogP contribution in [0.15, 0.2) is 18.5 Å². The minimum Gasteiger partial charge on any atom is -0.468 e. The molecule has 0 aromatic carbocycles. The lowest BCUT2D eigenvalue weighted by atomic mass is 10.2. The smallest absolute Gasteiger partial charge is 0.317 e. The SMILES string of the molecule is COC(=O)CC#Cc1cnccc1N. The van der Waals surface area contributed by atoms with Crippen LogP contribution in [0.4, 0.5) is 5.69 Å². The van der Waals surface area contributed by atoms with Crippen molar-refractivity contribution >= 4 is 11.7 Å². The Morgan fingerprint density at radius 3 is 3.14 bits per heavy atom. The second-order valence-corrected chi connectivity index (χ2v) is 2.52. The molecule has 0 atom stereocenters. The molecule has 2 N–H and O–H groups in total. The molecule has 0 amide bonds. The maximum absolute atomic E-state index is 10.7. The number of hydrogen-bond acceptors (Lipinski definition) is 4. The first-order valence-corrected chi connectivity index (χ1v) is 3.99. The molecule has 0 saturated heterocycles. The van der Waals surface area contributed by atoms with Crippen LogP contribution >= 0.6 is 0 Å². The Morgan fingerprint density at radius 1 is 1.71 bits per heavy atom. The Balaban J connectivity index is 2.68. The number of rotatable bonds is 1. The molecule has 0 aliphatic carbocycles. The Bertz CT molecular complexity index is 391. The zero-order valence-corrected chi connectivity index (χ0v) is 7.78. The summed E-state index contributed by atoms with van der Waals surface area (Å²) in [6.07, 6.45) is 3.20. The summed E-state index contributed by atoms with van der Waals surface area (Å²) in [6.45, 7) is 0. The minimum atomic E-state index is -0.361. The lowest BCUT2D eigenvalue weighted by Crippen LogP contribution is -1.97. The molecule has 0 fully saturated rings. The van der Waals surface area contributed by atoms with Gasteiger partial charge in [0, 0.05) is 12.4 Å². The Labute approximate surface area is 82.1 Å². The molecule has 0 aliphatic heterocycles. The predicted octanol–water partition coefficient (Wildman–Crippen LogP) is 0.578. The Kier molecular flexibility index (Phi) is 3.50. The number of hydrogen-bond donors (Lipinski definition) is 1. The number of pyridine rings is 1. The maximum Gasteiger partial charge on any atom is 0.317 e. The lowest BCUT2D eigenvalue weighted by Gasteiger charge is -1.94. The van der Waals surface area contributed by atoms with Gasteiger partial charge in [-0.1, -0.05) is 11.8 Å². The van der Waals surface area contributed by atoms with E-state index in [0.29, 0.717) is 11.3 Å². The first-order valence-electron chi connectivity index (χ1n) is 3.99. The Hall–Kier alpha value is -2.02. The number of carbonyl (C=O) groups is 1. The number of aromatic nitrogens is 1. The molecule has 1 aromatic rings. The summed E-state index contributed by atoms with van der Waals surface area (Å²) in [5, 5.41) is 0. The van der Waals surface area contributed by atoms with E-state index in [0.717, 1.165) is 0 Å². The number of ether oxygens (including phenoxy) is 1. The van der Waals surface area contributed by atoms with Crippen LogP contribution in [0.5, 0.6) is 0 Å². The predicted molar refractivity (Wildman–Crippen MR) is 52.2 cm³/mol. The van der Waals surface area contributed by atoms with Crippen LogP contribution in [0.25, 0.3) is 0 Å². The van der Waals surface area contributed by atoms with Crippen LogP contribution in [0.1, 0.15) is 12.0 Å². The molecule has 1 heterocycles. The van der Waals surface area contributed by atoms with E-state index in [-0.39, 0.29) is 12.4 Å². The van der Waals surface area contributed by atoms with E-state index in [2.05, 4.69) is 21.6 Å². The van der Waals surface area contributed by atoms with E-state index in [1.54, 1.807) is 18.5 Å². The van der Waals surface area contributed by atoms with Crippen LogP contribution in [-0.4, -0.2) is 18.1 Å². The number of carbonyl (C=O) groups excluding carboxylic acids is 1. The summed E-state index contributed by atoms with van der Waals surface area (Å²) < 4.78 is 4.43. The third-order valence-corrected chi connectivity index (χ3v) is 1.54. The van der Waals surface area contributed by atoms with Crippen molar-refractivity contribution in [2.45, 2.75) is 6.42 Å². The first kappa shape index (κ1) is 10.1. The molecule has 0 aliphatic rings. The average Bonchev–Trinajstić information content (AvgIpc) is 2.20. The molecule has 1 aromatic heterocycles. The standard InChI is InChI=1S/C10H10N2O2/c1-14-10(13)4-2-3-8-7-12-6-5-9(8)11/h5-7H,4H2,1H3,(H2,11,12). The molecule has 0 bridgehead atoms. The molecule has 72 valence electrons. The van der Waals surface area contributed by atoms with Gasteiger partial charge >= 0.3 is 5.97 Å². The number of anilines is 1. The first-order chi connectivity index (χ1) is 6.74. The summed E-state index contributed by atoms with van der Waals surface area (Å²) in [5.74, 6) is 5.03. The fraction of sp³-hybridized carbons (Fsp3) is 0.200. The second kappa shape index (κ2) is 4.87. The van der Waals surface area contributed by atoms with E-state index in [4.69, 9.17) is 5.73 Å². The van der Waals surface area contributed by atoms with Crippen molar-refractivity contribution in [3.05, 3.63) is 24.0 Å². The molecular formula is C10H10N2O2. The van der Waals surface area contributed by atoms with Crippen molar-refractivity contribution in [1.29, 1.82) is 0 Å². The molecule has 4 nitrogen and oxygen atoms in total. The monoisotopic (exact) mass is 190 g/mol. The molecule has 0 unspecified atom stereocenters. The van der Waals surface area contributed by atoms with Gasteiger partial charge in [0.1, 0.15) is 6.42 Å². The number of nitrogens with zero attached hydrogens (tertiary/aromatic N) is 1. The van der Waals surface area contributed by atoms with Crippen LogP contribution in [-0.2, 0) is 9.53 Å². The van der Waals surface area contributed by atoms with E-state index in [9.17, 15) is 4.79 Å². The van der Waals surface area contributed by atoms with Gasteiger partial charge in [0.05, 0.1) is 18.4 Å². The van der Waals surface area contributed by atoms with Crippen LogP contribution in [0, 0.1) is 11.8 Å². The number of esters is 1. The summed E-state index contributed by atoms with van der Waals surface area (Å²) in [5.41, 5.74) is 6.79.